The average molecular weight is 197 g/mol. The summed E-state index contributed by atoms with van der Waals surface area (Å²) < 4.78 is 0. The molecule has 0 spiro atoms. The summed E-state index contributed by atoms with van der Waals surface area (Å²) in [5, 5.41) is 2.17. The number of aromatic nitrogens is 1. The minimum Gasteiger partial charge on any atom is -0.249 e. The predicted octanol–water partition coefficient (Wildman–Crippen LogP) is 4.22. The van der Waals surface area contributed by atoms with Crippen molar-refractivity contribution < 1.29 is 0 Å². The zero-order chi connectivity index (χ0) is 9.52. The summed E-state index contributed by atoms with van der Waals surface area (Å²) in [6, 6.07) is 0. The zero-order valence-electron chi connectivity index (χ0n) is 8.62. The van der Waals surface area contributed by atoms with Crippen LogP contribution >= 0.6 is 11.3 Å². The third-order valence-electron chi connectivity index (χ3n) is 2.45. The van der Waals surface area contributed by atoms with E-state index in [-0.39, 0.29) is 0 Å². The number of nitrogens with zero attached hydrogens (tertiary/aromatic N) is 1. The van der Waals surface area contributed by atoms with Gasteiger partial charge in [0.2, 0.25) is 0 Å². The van der Waals surface area contributed by atoms with Crippen LogP contribution in [0, 0.1) is 0 Å². The highest BCUT2D eigenvalue weighted by molar-refractivity contribution is 7.07. The fourth-order valence-corrected chi connectivity index (χ4v) is 2.17. The Hall–Kier alpha value is -0.370. The van der Waals surface area contributed by atoms with Crippen molar-refractivity contribution in [2.75, 3.05) is 0 Å². The molecule has 0 amide bonds. The molecule has 1 aromatic rings. The molecule has 0 aromatic carbocycles. The van der Waals surface area contributed by atoms with Gasteiger partial charge in [0.15, 0.2) is 0 Å². The lowest BCUT2D eigenvalue weighted by molar-refractivity contribution is 0.573. The fourth-order valence-electron chi connectivity index (χ4n) is 1.49. The third kappa shape index (κ3) is 3.90. The van der Waals surface area contributed by atoms with Crippen LogP contribution in [0.5, 0.6) is 0 Å². The van der Waals surface area contributed by atoms with Crippen LogP contribution in [-0.4, -0.2) is 4.98 Å². The Labute approximate surface area is 85.2 Å². The van der Waals surface area contributed by atoms with E-state index in [1.807, 2.05) is 5.51 Å². The highest BCUT2D eigenvalue weighted by atomic mass is 32.1. The second kappa shape index (κ2) is 6.14. The molecule has 1 heterocycles. The molecular formula is C11H19NS. The Morgan fingerprint density at radius 2 is 2.23 bits per heavy atom. The van der Waals surface area contributed by atoms with E-state index in [0.29, 0.717) is 5.92 Å². The maximum absolute atomic E-state index is 4.33. The summed E-state index contributed by atoms with van der Waals surface area (Å²) >= 11 is 1.70. The van der Waals surface area contributed by atoms with Gasteiger partial charge < -0.3 is 0 Å². The molecule has 1 atom stereocenters. The molecule has 1 unspecified atom stereocenters. The number of thiazole rings is 1. The largest absolute Gasteiger partial charge is 0.249 e. The Bertz CT molecular complexity index is 206. The molecule has 0 N–H and O–H groups in total. The molecular weight excluding hydrogens is 178 g/mol. The summed E-state index contributed by atoms with van der Waals surface area (Å²) in [4.78, 5) is 4.33. The second-order valence-electron chi connectivity index (χ2n) is 3.66. The maximum Gasteiger partial charge on any atom is 0.0794 e. The first kappa shape index (κ1) is 10.7. The molecule has 2 heteroatoms. The average Bonchev–Trinajstić information content (AvgIpc) is 2.65. The van der Waals surface area contributed by atoms with E-state index in [9.17, 15) is 0 Å². The van der Waals surface area contributed by atoms with Crippen LogP contribution in [0.2, 0.25) is 0 Å². The number of hydrogen-bond acceptors (Lipinski definition) is 2. The van der Waals surface area contributed by atoms with Gasteiger partial charge in [-0.15, -0.1) is 11.3 Å². The van der Waals surface area contributed by atoms with Crippen molar-refractivity contribution in [3.8, 4) is 0 Å². The summed E-state index contributed by atoms with van der Waals surface area (Å²) in [5.41, 5.74) is 3.21. The highest BCUT2D eigenvalue weighted by Crippen LogP contribution is 2.21. The maximum atomic E-state index is 4.33. The van der Waals surface area contributed by atoms with Gasteiger partial charge in [0.1, 0.15) is 0 Å². The molecule has 1 aromatic heterocycles. The Kier molecular flexibility index (Phi) is 5.06. The van der Waals surface area contributed by atoms with Gasteiger partial charge in [0.25, 0.3) is 0 Å². The molecule has 0 bridgehead atoms. The van der Waals surface area contributed by atoms with Gasteiger partial charge in [0, 0.05) is 5.38 Å². The Morgan fingerprint density at radius 3 is 2.85 bits per heavy atom. The molecule has 0 saturated carbocycles. The monoisotopic (exact) mass is 197 g/mol. The predicted molar refractivity (Wildman–Crippen MR) is 59.3 cm³/mol. The van der Waals surface area contributed by atoms with E-state index < -0.39 is 0 Å². The first-order valence-electron chi connectivity index (χ1n) is 5.22. The van der Waals surface area contributed by atoms with E-state index in [1.165, 1.54) is 37.8 Å². The van der Waals surface area contributed by atoms with E-state index in [0.717, 1.165) is 0 Å². The van der Waals surface area contributed by atoms with Gasteiger partial charge in [-0.25, -0.2) is 4.98 Å². The van der Waals surface area contributed by atoms with Gasteiger partial charge in [-0.3, -0.25) is 0 Å². The first-order chi connectivity index (χ1) is 6.34. The molecule has 1 nitrogen and oxygen atoms in total. The number of unbranched alkanes of at least 4 members (excludes halogenated alkanes) is 3. The van der Waals surface area contributed by atoms with Crippen LogP contribution < -0.4 is 0 Å². The molecule has 0 aliphatic heterocycles. The smallest absolute Gasteiger partial charge is 0.0794 e. The van der Waals surface area contributed by atoms with Crippen LogP contribution in [0.1, 0.15) is 57.6 Å². The number of rotatable bonds is 6. The highest BCUT2D eigenvalue weighted by Gasteiger charge is 2.06. The molecule has 0 aliphatic rings. The van der Waals surface area contributed by atoms with Gasteiger partial charge in [-0.2, -0.15) is 0 Å². The minimum atomic E-state index is 0.656. The van der Waals surface area contributed by atoms with Crippen molar-refractivity contribution in [2.24, 2.45) is 0 Å². The summed E-state index contributed by atoms with van der Waals surface area (Å²) in [7, 11) is 0. The Morgan fingerprint density at radius 1 is 1.38 bits per heavy atom. The van der Waals surface area contributed by atoms with Crippen molar-refractivity contribution in [2.45, 2.75) is 51.9 Å². The van der Waals surface area contributed by atoms with Gasteiger partial charge >= 0.3 is 0 Å². The van der Waals surface area contributed by atoms with E-state index in [4.69, 9.17) is 0 Å². The zero-order valence-corrected chi connectivity index (χ0v) is 9.44. The van der Waals surface area contributed by atoms with Gasteiger partial charge in [0.05, 0.1) is 11.2 Å². The molecule has 0 saturated heterocycles. The van der Waals surface area contributed by atoms with Crippen LogP contribution in [-0.2, 0) is 0 Å². The van der Waals surface area contributed by atoms with Crippen molar-refractivity contribution in [3.05, 3.63) is 16.6 Å². The normalized spacial score (nSPS) is 13.1. The van der Waals surface area contributed by atoms with Gasteiger partial charge in [-0.05, 0) is 12.3 Å². The van der Waals surface area contributed by atoms with E-state index in [1.54, 1.807) is 11.3 Å². The minimum absolute atomic E-state index is 0.656. The SMILES string of the molecule is CCCCCCC(C)c1cscn1. The van der Waals surface area contributed by atoms with Crippen LogP contribution in [0.15, 0.2) is 10.9 Å². The molecule has 0 fully saturated rings. The molecule has 1 rings (SSSR count). The van der Waals surface area contributed by atoms with Gasteiger partial charge in [-0.1, -0.05) is 39.5 Å². The lowest BCUT2D eigenvalue weighted by Crippen LogP contribution is -1.93. The molecule has 0 radical (unpaired) electrons. The summed E-state index contributed by atoms with van der Waals surface area (Å²) in [6.07, 6.45) is 6.73. The molecule has 0 aliphatic carbocycles. The third-order valence-corrected chi connectivity index (χ3v) is 3.05. The van der Waals surface area contributed by atoms with Crippen molar-refractivity contribution in [1.29, 1.82) is 0 Å². The first-order valence-corrected chi connectivity index (χ1v) is 6.17. The second-order valence-corrected chi connectivity index (χ2v) is 4.38. The fraction of sp³-hybridized carbons (Fsp3) is 0.727. The van der Waals surface area contributed by atoms with E-state index >= 15 is 0 Å². The lowest BCUT2D eigenvalue weighted by atomic mass is 10.0. The number of hydrogen-bond donors (Lipinski definition) is 0. The van der Waals surface area contributed by atoms with Crippen LogP contribution in [0.4, 0.5) is 0 Å². The molecule has 13 heavy (non-hydrogen) atoms. The standard InChI is InChI=1S/C11H19NS/c1-3-4-5-6-7-10(2)11-8-13-9-12-11/h8-10H,3-7H2,1-2H3. The summed E-state index contributed by atoms with van der Waals surface area (Å²) in [6.45, 7) is 4.53. The van der Waals surface area contributed by atoms with Crippen LogP contribution in [0.3, 0.4) is 0 Å². The summed E-state index contributed by atoms with van der Waals surface area (Å²) in [5.74, 6) is 0.656. The molecule has 74 valence electrons. The van der Waals surface area contributed by atoms with E-state index in [2.05, 4.69) is 24.2 Å². The van der Waals surface area contributed by atoms with Crippen molar-refractivity contribution in [1.82, 2.24) is 4.98 Å². The van der Waals surface area contributed by atoms with Crippen LogP contribution in [0.25, 0.3) is 0 Å². The van der Waals surface area contributed by atoms with Crippen molar-refractivity contribution in [3.63, 3.8) is 0 Å². The topological polar surface area (TPSA) is 12.9 Å². The quantitative estimate of drug-likeness (QED) is 0.622. The van der Waals surface area contributed by atoms with Crippen molar-refractivity contribution >= 4 is 11.3 Å². The Balaban J connectivity index is 2.15. The lowest BCUT2D eigenvalue weighted by Gasteiger charge is -2.07.